The fraction of sp³-hybridized carbons (Fsp3) is 0. The lowest BCUT2D eigenvalue weighted by Gasteiger charge is -1.91. The highest BCUT2D eigenvalue weighted by atomic mass is 32.1. The van der Waals surface area contributed by atoms with Gasteiger partial charge in [0.05, 0.1) is 4.88 Å². The highest BCUT2D eigenvalue weighted by Crippen LogP contribution is 2.25. The Hall–Kier alpha value is -1.42. The molecule has 0 aliphatic carbocycles. The molecule has 0 unspecified atom stereocenters. The zero-order valence-corrected chi connectivity index (χ0v) is 7.08. The van der Waals surface area contributed by atoms with E-state index >= 15 is 0 Å². The van der Waals surface area contributed by atoms with Gasteiger partial charge in [-0.2, -0.15) is 0 Å². The van der Waals surface area contributed by atoms with Crippen molar-refractivity contribution in [2.75, 3.05) is 5.73 Å². The van der Waals surface area contributed by atoms with Crippen molar-refractivity contribution in [3.8, 4) is 10.4 Å². The molecule has 60 valence electrons. The van der Waals surface area contributed by atoms with Gasteiger partial charge in [0.25, 0.3) is 0 Å². The maximum Gasteiger partial charge on any atom is 0.180 e. The minimum atomic E-state index is 0.592. The van der Waals surface area contributed by atoms with Crippen LogP contribution < -0.4 is 5.73 Å². The van der Waals surface area contributed by atoms with Crippen molar-refractivity contribution in [1.29, 1.82) is 0 Å². The molecule has 2 heterocycles. The second-order valence-electron chi connectivity index (χ2n) is 2.30. The normalized spacial score (nSPS) is 10.0. The lowest BCUT2D eigenvalue weighted by molar-refractivity contribution is 1.33. The number of nitrogen functional groups attached to an aromatic ring is 1. The number of hydrogen-bond donors (Lipinski definition) is 1. The minimum Gasteiger partial charge on any atom is -0.375 e. The summed E-state index contributed by atoms with van der Waals surface area (Å²) in [5.74, 6) is 0. The number of thiazole rings is 1. The molecule has 0 aliphatic heterocycles. The van der Waals surface area contributed by atoms with Crippen LogP contribution in [-0.4, -0.2) is 9.97 Å². The van der Waals surface area contributed by atoms with Crippen LogP contribution in [0.25, 0.3) is 10.4 Å². The number of rotatable bonds is 1. The first-order chi connectivity index (χ1) is 5.86. The number of hydrogen-bond acceptors (Lipinski definition) is 4. The average Bonchev–Trinajstić information content (AvgIpc) is 2.54. The van der Waals surface area contributed by atoms with Gasteiger partial charge in [0.15, 0.2) is 5.13 Å². The Bertz CT molecular complexity index is 369. The quantitative estimate of drug-likeness (QED) is 0.722. The molecule has 0 amide bonds. The number of aromatic nitrogens is 2. The van der Waals surface area contributed by atoms with E-state index in [9.17, 15) is 0 Å². The molecule has 0 aliphatic rings. The molecule has 0 bridgehead atoms. The Kier molecular flexibility index (Phi) is 1.75. The fourth-order valence-electron chi connectivity index (χ4n) is 0.930. The minimum absolute atomic E-state index is 0.592. The van der Waals surface area contributed by atoms with Crippen molar-refractivity contribution in [3.05, 3.63) is 30.7 Å². The molecule has 2 rings (SSSR count). The first kappa shape index (κ1) is 7.24. The molecule has 0 radical (unpaired) electrons. The van der Waals surface area contributed by atoms with E-state index in [-0.39, 0.29) is 0 Å². The molecule has 0 saturated carbocycles. The lowest BCUT2D eigenvalue weighted by atomic mass is 10.3. The van der Waals surface area contributed by atoms with Gasteiger partial charge in [-0.15, -0.1) is 0 Å². The van der Waals surface area contributed by atoms with Gasteiger partial charge in [-0.3, -0.25) is 4.98 Å². The van der Waals surface area contributed by atoms with Gasteiger partial charge in [0.1, 0.15) is 0 Å². The lowest BCUT2D eigenvalue weighted by Crippen LogP contribution is -1.77. The maximum absolute atomic E-state index is 5.50. The van der Waals surface area contributed by atoms with Crippen LogP contribution in [0.15, 0.2) is 30.7 Å². The zero-order valence-electron chi connectivity index (χ0n) is 6.27. The third-order valence-electron chi connectivity index (χ3n) is 1.47. The van der Waals surface area contributed by atoms with Gasteiger partial charge < -0.3 is 5.73 Å². The Balaban J connectivity index is 2.45. The summed E-state index contributed by atoms with van der Waals surface area (Å²) in [6, 6.07) is 3.88. The molecule has 4 heteroatoms. The zero-order chi connectivity index (χ0) is 8.39. The second kappa shape index (κ2) is 2.91. The predicted molar refractivity (Wildman–Crippen MR) is 49.8 cm³/mol. The molecule has 3 nitrogen and oxygen atoms in total. The van der Waals surface area contributed by atoms with Crippen LogP contribution in [0.3, 0.4) is 0 Å². The number of pyridine rings is 1. The summed E-state index contributed by atoms with van der Waals surface area (Å²) in [4.78, 5) is 9.03. The summed E-state index contributed by atoms with van der Waals surface area (Å²) in [5, 5.41) is 0.592. The molecule has 2 N–H and O–H groups in total. The predicted octanol–water partition coefficient (Wildman–Crippen LogP) is 1.79. The molecule has 2 aromatic heterocycles. The summed E-state index contributed by atoms with van der Waals surface area (Å²) in [5.41, 5.74) is 6.56. The van der Waals surface area contributed by atoms with Gasteiger partial charge in [-0.25, -0.2) is 4.98 Å². The smallest absolute Gasteiger partial charge is 0.180 e. The van der Waals surface area contributed by atoms with Gasteiger partial charge in [0.2, 0.25) is 0 Å². The standard InChI is InChI=1S/C8H7N3S/c9-8-11-5-7(12-8)6-2-1-3-10-4-6/h1-5H,(H2,9,11). The number of anilines is 1. The SMILES string of the molecule is Nc1ncc(-c2cccnc2)s1. The average molecular weight is 177 g/mol. The van der Waals surface area contributed by atoms with Crippen molar-refractivity contribution in [2.24, 2.45) is 0 Å². The van der Waals surface area contributed by atoms with Crippen molar-refractivity contribution in [2.45, 2.75) is 0 Å². The summed E-state index contributed by atoms with van der Waals surface area (Å²) in [6.45, 7) is 0. The van der Waals surface area contributed by atoms with Gasteiger partial charge >= 0.3 is 0 Å². The van der Waals surface area contributed by atoms with Crippen LogP contribution in [0, 0.1) is 0 Å². The molecule has 0 fully saturated rings. The summed E-state index contributed by atoms with van der Waals surface area (Å²) >= 11 is 1.47. The van der Waals surface area contributed by atoms with Crippen molar-refractivity contribution >= 4 is 16.5 Å². The third kappa shape index (κ3) is 1.29. The van der Waals surface area contributed by atoms with Crippen molar-refractivity contribution in [1.82, 2.24) is 9.97 Å². The highest BCUT2D eigenvalue weighted by Gasteiger charge is 2.00. The maximum atomic E-state index is 5.50. The molecule has 0 spiro atoms. The second-order valence-corrected chi connectivity index (χ2v) is 3.37. The molecular weight excluding hydrogens is 170 g/mol. The van der Waals surface area contributed by atoms with Gasteiger partial charge in [-0.05, 0) is 6.07 Å². The summed E-state index contributed by atoms with van der Waals surface area (Å²) in [7, 11) is 0. The van der Waals surface area contributed by atoms with E-state index in [1.807, 2.05) is 12.1 Å². The molecule has 2 aromatic rings. The van der Waals surface area contributed by atoms with Crippen molar-refractivity contribution in [3.63, 3.8) is 0 Å². The largest absolute Gasteiger partial charge is 0.375 e. The Morgan fingerprint density at radius 2 is 2.25 bits per heavy atom. The van der Waals surface area contributed by atoms with Crippen molar-refractivity contribution < 1.29 is 0 Å². The van der Waals surface area contributed by atoms with Crippen LogP contribution >= 0.6 is 11.3 Å². The number of nitrogens with two attached hydrogens (primary N) is 1. The molecule has 0 saturated heterocycles. The fourth-order valence-corrected chi connectivity index (χ4v) is 1.60. The van der Waals surface area contributed by atoms with E-state index in [1.54, 1.807) is 18.6 Å². The summed E-state index contributed by atoms with van der Waals surface area (Å²) < 4.78 is 0. The van der Waals surface area contributed by atoms with E-state index in [1.165, 1.54) is 11.3 Å². The van der Waals surface area contributed by atoms with Crippen LogP contribution in [0.2, 0.25) is 0 Å². The van der Waals surface area contributed by atoms with E-state index in [0.717, 1.165) is 10.4 Å². The van der Waals surface area contributed by atoms with E-state index in [0.29, 0.717) is 5.13 Å². The molecule has 0 aromatic carbocycles. The van der Waals surface area contributed by atoms with Gasteiger partial charge in [-0.1, -0.05) is 17.4 Å². The molecular formula is C8H7N3S. The molecule has 12 heavy (non-hydrogen) atoms. The topological polar surface area (TPSA) is 51.8 Å². The first-order valence-corrected chi connectivity index (χ1v) is 4.29. The van der Waals surface area contributed by atoms with Crippen LogP contribution in [-0.2, 0) is 0 Å². The first-order valence-electron chi connectivity index (χ1n) is 3.48. The van der Waals surface area contributed by atoms with E-state index in [2.05, 4.69) is 9.97 Å². The monoisotopic (exact) mass is 177 g/mol. The Morgan fingerprint density at radius 1 is 1.33 bits per heavy atom. The van der Waals surface area contributed by atoms with Crippen LogP contribution in [0.4, 0.5) is 5.13 Å². The Morgan fingerprint density at radius 3 is 2.83 bits per heavy atom. The van der Waals surface area contributed by atoms with Crippen LogP contribution in [0.5, 0.6) is 0 Å². The van der Waals surface area contributed by atoms with E-state index in [4.69, 9.17) is 5.73 Å². The highest BCUT2D eigenvalue weighted by molar-refractivity contribution is 7.18. The summed E-state index contributed by atoms with van der Waals surface area (Å²) in [6.07, 6.45) is 5.30. The third-order valence-corrected chi connectivity index (χ3v) is 2.35. The van der Waals surface area contributed by atoms with E-state index < -0.39 is 0 Å². The van der Waals surface area contributed by atoms with Gasteiger partial charge in [0, 0.05) is 24.2 Å². The molecule has 0 atom stereocenters. The number of nitrogens with zero attached hydrogens (tertiary/aromatic N) is 2. The van der Waals surface area contributed by atoms with Crippen LogP contribution in [0.1, 0.15) is 0 Å². The Labute approximate surface area is 73.9 Å².